The number of benzene rings is 1. The minimum atomic E-state index is -1.03. The van der Waals surface area contributed by atoms with E-state index in [2.05, 4.69) is 12.3 Å². The molecule has 0 bridgehead atoms. The van der Waals surface area contributed by atoms with E-state index in [4.69, 9.17) is 14.2 Å². The maximum absolute atomic E-state index is 12.7. The lowest BCUT2D eigenvalue weighted by atomic mass is 10.0. The van der Waals surface area contributed by atoms with Gasteiger partial charge in [-0.2, -0.15) is 0 Å². The summed E-state index contributed by atoms with van der Waals surface area (Å²) in [6.45, 7) is 13.3. The van der Waals surface area contributed by atoms with E-state index in [-0.39, 0.29) is 13.2 Å². The number of hydrogen-bond acceptors (Lipinski definition) is 5. The lowest BCUT2D eigenvalue weighted by Crippen LogP contribution is -2.53. The van der Waals surface area contributed by atoms with Gasteiger partial charge in [0.15, 0.2) is 0 Å². The monoisotopic (exact) mass is 389 g/mol. The van der Waals surface area contributed by atoms with Crippen molar-refractivity contribution >= 4 is 6.09 Å². The molecule has 2 rings (SSSR count). The van der Waals surface area contributed by atoms with E-state index in [1.807, 2.05) is 30.3 Å². The number of aliphatic hydroxyl groups is 1. The maximum Gasteiger partial charge on any atom is 0.413 e. The molecule has 154 valence electrons. The lowest BCUT2D eigenvalue weighted by Gasteiger charge is -2.36. The third kappa shape index (κ3) is 5.69. The largest absolute Gasteiger partial charge is 0.444 e. The third-order valence-corrected chi connectivity index (χ3v) is 4.43. The molecule has 1 aromatic carbocycles. The average molecular weight is 389 g/mol. The predicted molar refractivity (Wildman–Crippen MR) is 107 cm³/mol. The van der Waals surface area contributed by atoms with Gasteiger partial charge in [-0.3, -0.25) is 4.90 Å². The number of hydrogen-bond donors (Lipinski definition) is 1. The second kappa shape index (κ2) is 8.93. The first-order valence-electron chi connectivity index (χ1n) is 9.40. The Morgan fingerprint density at radius 2 is 2.04 bits per heavy atom. The van der Waals surface area contributed by atoms with Gasteiger partial charge in [0.05, 0.1) is 25.9 Å². The van der Waals surface area contributed by atoms with Crippen molar-refractivity contribution in [2.45, 2.75) is 64.7 Å². The highest BCUT2D eigenvalue weighted by Crippen LogP contribution is 2.32. The van der Waals surface area contributed by atoms with E-state index in [1.54, 1.807) is 34.6 Å². The second-order valence-electron chi connectivity index (χ2n) is 8.30. The highest BCUT2D eigenvalue weighted by atomic mass is 16.6. The van der Waals surface area contributed by atoms with Gasteiger partial charge >= 0.3 is 6.09 Å². The molecule has 1 saturated heterocycles. The number of amides is 1. The molecule has 0 aliphatic carbocycles. The topological polar surface area (TPSA) is 68.2 Å². The zero-order valence-electron chi connectivity index (χ0n) is 17.4. The van der Waals surface area contributed by atoms with Gasteiger partial charge in [-0.15, -0.1) is 5.73 Å². The predicted octanol–water partition coefficient (Wildman–Crippen LogP) is 3.65. The van der Waals surface area contributed by atoms with Crippen LogP contribution in [-0.2, 0) is 20.8 Å². The Kier molecular flexibility index (Phi) is 7.07. The van der Waals surface area contributed by atoms with Crippen molar-refractivity contribution in [3.63, 3.8) is 0 Å². The Bertz CT molecular complexity index is 716. The van der Waals surface area contributed by atoms with Gasteiger partial charge < -0.3 is 19.3 Å². The Hall–Kier alpha value is -2.11. The smallest absolute Gasteiger partial charge is 0.413 e. The Morgan fingerprint density at radius 3 is 2.61 bits per heavy atom. The molecule has 0 aromatic heterocycles. The van der Waals surface area contributed by atoms with E-state index in [0.29, 0.717) is 12.2 Å². The van der Waals surface area contributed by atoms with Crippen LogP contribution in [0, 0.1) is 0 Å². The molecule has 0 saturated carbocycles. The van der Waals surface area contributed by atoms with E-state index < -0.39 is 29.6 Å². The maximum atomic E-state index is 12.7. The molecule has 28 heavy (non-hydrogen) atoms. The number of carbonyl (C=O) groups is 1. The zero-order chi connectivity index (χ0) is 20.9. The van der Waals surface area contributed by atoms with Crippen LogP contribution in [0.5, 0.6) is 0 Å². The van der Waals surface area contributed by atoms with E-state index in [0.717, 1.165) is 5.56 Å². The van der Waals surface area contributed by atoms with Crippen LogP contribution < -0.4 is 0 Å². The third-order valence-electron chi connectivity index (χ3n) is 4.43. The zero-order valence-corrected chi connectivity index (χ0v) is 17.4. The van der Waals surface area contributed by atoms with Crippen LogP contribution in [0.3, 0.4) is 0 Å². The normalized spacial score (nSPS) is 19.8. The van der Waals surface area contributed by atoms with Crippen LogP contribution in [0.15, 0.2) is 48.2 Å². The molecule has 0 spiro atoms. The molecule has 1 N–H and O–H groups in total. The Morgan fingerprint density at radius 1 is 1.39 bits per heavy atom. The summed E-state index contributed by atoms with van der Waals surface area (Å²) in [5, 5.41) is 10.9. The number of rotatable bonds is 6. The number of ether oxygens (including phenoxy) is 3. The fourth-order valence-electron chi connectivity index (χ4n) is 3.06. The summed E-state index contributed by atoms with van der Waals surface area (Å²) in [5.41, 5.74) is 2.71. The summed E-state index contributed by atoms with van der Waals surface area (Å²) in [4.78, 5) is 14.2. The quantitative estimate of drug-likeness (QED) is 0.752. The highest BCUT2D eigenvalue weighted by Gasteiger charge is 2.49. The molecule has 1 heterocycles. The molecule has 1 aliphatic heterocycles. The fraction of sp³-hybridized carbons (Fsp3) is 0.545. The fourth-order valence-corrected chi connectivity index (χ4v) is 3.06. The van der Waals surface area contributed by atoms with Gasteiger partial charge in [0.25, 0.3) is 0 Å². The van der Waals surface area contributed by atoms with Crippen LogP contribution in [0.4, 0.5) is 4.79 Å². The Balaban J connectivity index is 2.07. The first-order chi connectivity index (χ1) is 13.0. The molecule has 0 unspecified atom stereocenters. The molecule has 1 fully saturated rings. The van der Waals surface area contributed by atoms with Crippen LogP contribution in [0.25, 0.3) is 0 Å². The van der Waals surface area contributed by atoms with Gasteiger partial charge in [0.2, 0.25) is 0 Å². The average Bonchev–Trinajstić information content (AvgIpc) is 2.93. The molecule has 1 amide bonds. The van der Waals surface area contributed by atoms with E-state index in [1.165, 1.54) is 4.90 Å². The van der Waals surface area contributed by atoms with Gasteiger partial charge in [0.1, 0.15) is 17.4 Å². The first kappa shape index (κ1) is 22.2. The van der Waals surface area contributed by atoms with Crippen molar-refractivity contribution in [2.75, 3.05) is 13.2 Å². The first-order valence-corrected chi connectivity index (χ1v) is 9.40. The molecule has 1 aliphatic rings. The molecule has 6 nitrogen and oxygen atoms in total. The van der Waals surface area contributed by atoms with Gasteiger partial charge in [-0.25, -0.2) is 4.79 Å². The molecule has 2 atom stereocenters. The molecular weight excluding hydrogens is 358 g/mol. The summed E-state index contributed by atoms with van der Waals surface area (Å²) in [6, 6.07) is 9.13. The minimum Gasteiger partial charge on any atom is -0.444 e. The molecule has 1 aromatic rings. The molecule has 0 radical (unpaired) electrons. The summed E-state index contributed by atoms with van der Waals surface area (Å²) < 4.78 is 17.0. The van der Waals surface area contributed by atoms with Crippen molar-refractivity contribution in [1.82, 2.24) is 4.90 Å². The van der Waals surface area contributed by atoms with Crippen LogP contribution >= 0.6 is 0 Å². The summed E-state index contributed by atoms with van der Waals surface area (Å²) in [6.07, 6.45) is -1.56. The molecule has 6 heteroatoms. The van der Waals surface area contributed by atoms with Gasteiger partial charge in [-0.05, 0) is 40.2 Å². The summed E-state index contributed by atoms with van der Waals surface area (Å²) in [5.74, 6) is 0. The summed E-state index contributed by atoms with van der Waals surface area (Å²) >= 11 is 0. The van der Waals surface area contributed by atoms with Gasteiger partial charge in [0, 0.05) is 5.57 Å². The second-order valence-corrected chi connectivity index (χ2v) is 8.30. The Labute approximate surface area is 167 Å². The van der Waals surface area contributed by atoms with E-state index in [9.17, 15) is 9.90 Å². The highest BCUT2D eigenvalue weighted by molar-refractivity contribution is 5.70. The van der Waals surface area contributed by atoms with Crippen molar-refractivity contribution in [1.29, 1.82) is 0 Å². The number of carbonyl (C=O) groups excluding carboxylic acids is 1. The number of nitrogens with zero attached hydrogens (tertiary/aromatic N) is 1. The molecular formula is C22H31NO5. The van der Waals surface area contributed by atoms with Crippen molar-refractivity contribution in [2.24, 2.45) is 0 Å². The van der Waals surface area contributed by atoms with Gasteiger partial charge in [-0.1, -0.05) is 36.9 Å². The van der Waals surface area contributed by atoms with Crippen molar-refractivity contribution in [3.8, 4) is 0 Å². The number of aliphatic hydroxyl groups excluding tert-OH is 1. The van der Waals surface area contributed by atoms with Crippen LogP contribution in [-0.4, -0.2) is 52.8 Å². The lowest BCUT2D eigenvalue weighted by molar-refractivity contribution is -0.0668. The van der Waals surface area contributed by atoms with Crippen LogP contribution in [0.2, 0.25) is 0 Å². The van der Waals surface area contributed by atoms with Crippen molar-refractivity contribution in [3.05, 3.63) is 53.8 Å². The van der Waals surface area contributed by atoms with Crippen molar-refractivity contribution < 1.29 is 24.1 Å². The SMILES string of the molecule is C=C=C(COCc1ccccc1)[C@@H](O)[C@@H]1COC(C)(C)N1C(=O)OC(C)(C)C. The van der Waals surface area contributed by atoms with Crippen LogP contribution in [0.1, 0.15) is 40.2 Å². The minimum absolute atomic E-state index is 0.151. The summed E-state index contributed by atoms with van der Waals surface area (Å²) in [7, 11) is 0. The van der Waals surface area contributed by atoms with E-state index >= 15 is 0 Å². The standard InChI is InChI=1S/C22H31NO5/c1-7-17(14-26-13-16-11-9-8-10-12-16)19(24)18-15-27-22(5,6)23(18)20(25)28-21(2,3)4/h8-12,18-19,24H,1,13-15H2,2-6H3/t18-,19+/m0/s1.